The van der Waals surface area contributed by atoms with Crippen LogP contribution >= 0.6 is 11.8 Å². The van der Waals surface area contributed by atoms with Gasteiger partial charge in [-0.3, -0.25) is 9.59 Å². The molecule has 1 heterocycles. The fraction of sp³-hybridized carbons (Fsp3) is 0.471. The number of tetrazole rings is 1. The highest BCUT2D eigenvalue weighted by molar-refractivity contribution is 7.99. The lowest BCUT2D eigenvalue weighted by atomic mass is 10.1. The molecule has 0 unspecified atom stereocenters. The van der Waals surface area contributed by atoms with Gasteiger partial charge in [0.25, 0.3) is 0 Å². The molecule has 9 heteroatoms. The lowest BCUT2D eigenvalue weighted by Crippen LogP contribution is -2.46. The van der Waals surface area contributed by atoms with Crippen LogP contribution in [0.5, 0.6) is 0 Å². The summed E-state index contributed by atoms with van der Waals surface area (Å²) in [4.78, 5) is 25.6. The quantitative estimate of drug-likeness (QED) is 0.767. The van der Waals surface area contributed by atoms with Gasteiger partial charge < -0.3 is 10.2 Å². The first-order valence-corrected chi connectivity index (χ1v) is 9.17. The summed E-state index contributed by atoms with van der Waals surface area (Å²) in [6.45, 7) is 7.71. The van der Waals surface area contributed by atoms with Gasteiger partial charge in [-0.05, 0) is 50.3 Å². The molecule has 0 spiro atoms. The van der Waals surface area contributed by atoms with E-state index in [2.05, 4.69) is 20.8 Å². The number of aryl methyl sites for hydroxylation is 1. The minimum absolute atomic E-state index is 0.0135. The van der Waals surface area contributed by atoms with Gasteiger partial charge in [0.2, 0.25) is 17.0 Å². The Kier molecular flexibility index (Phi) is 6.36. The summed E-state index contributed by atoms with van der Waals surface area (Å²) in [5.74, 6) is -0.216. The number of hydrogen-bond donors (Lipinski definition) is 1. The van der Waals surface area contributed by atoms with Crippen molar-refractivity contribution in [3.05, 3.63) is 29.8 Å². The molecule has 1 N–H and O–H groups in total. The molecule has 0 bridgehead atoms. The molecule has 0 fully saturated rings. The Morgan fingerprint density at radius 2 is 1.88 bits per heavy atom. The number of likely N-dealkylation sites (N-methyl/N-ethyl adjacent to an activating group) is 1. The van der Waals surface area contributed by atoms with Crippen LogP contribution in [0.2, 0.25) is 0 Å². The van der Waals surface area contributed by atoms with E-state index in [9.17, 15) is 9.59 Å². The molecule has 0 aliphatic carbocycles. The van der Waals surface area contributed by atoms with Crippen molar-refractivity contribution in [2.45, 2.75) is 38.4 Å². The Bertz CT molecular complexity index is 766. The fourth-order valence-electron chi connectivity index (χ4n) is 2.11. The number of carbonyl (C=O) groups excluding carboxylic acids is 2. The van der Waals surface area contributed by atoms with Crippen LogP contribution in [-0.2, 0) is 9.59 Å². The number of nitrogens with zero attached hydrogens (tertiary/aromatic N) is 5. The van der Waals surface area contributed by atoms with Crippen molar-refractivity contribution in [1.29, 1.82) is 0 Å². The molecule has 0 atom stereocenters. The molecule has 140 valence electrons. The zero-order chi connectivity index (χ0) is 19.3. The average molecular weight is 376 g/mol. The third-order valence-electron chi connectivity index (χ3n) is 3.37. The highest BCUT2D eigenvalue weighted by Crippen LogP contribution is 2.18. The van der Waals surface area contributed by atoms with Crippen molar-refractivity contribution in [2.24, 2.45) is 0 Å². The number of rotatable bonds is 6. The summed E-state index contributed by atoms with van der Waals surface area (Å²) in [6.07, 6.45) is 0. The van der Waals surface area contributed by atoms with Crippen molar-refractivity contribution in [3.63, 3.8) is 0 Å². The Morgan fingerprint density at radius 1 is 1.23 bits per heavy atom. The number of benzene rings is 1. The molecule has 0 saturated heterocycles. The van der Waals surface area contributed by atoms with Crippen molar-refractivity contribution in [1.82, 2.24) is 30.4 Å². The van der Waals surface area contributed by atoms with Gasteiger partial charge >= 0.3 is 0 Å². The van der Waals surface area contributed by atoms with Crippen LogP contribution in [0.25, 0.3) is 5.69 Å². The monoisotopic (exact) mass is 376 g/mol. The SMILES string of the molecule is Cc1ccc(-n2nnnc2SCC(=O)N(C)CC(=O)NC(C)(C)C)cc1. The first kappa shape index (κ1) is 19.9. The number of thioether (sulfide) groups is 1. The summed E-state index contributed by atoms with van der Waals surface area (Å²) in [5.41, 5.74) is 1.64. The first-order valence-electron chi connectivity index (χ1n) is 8.19. The van der Waals surface area contributed by atoms with Gasteiger partial charge in [0.05, 0.1) is 18.0 Å². The van der Waals surface area contributed by atoms with Crippen molar-refractivity contribution >= 4 is 23.6 Å². The van der Waals surface area contributed by atoms with E-state index in [1.54, 1.807) is 11.7 Å². The minimum Gasteiger partial charge on any atom is -0.350 e. The van der Waals surface area contributed by atoms with Gasteiger partial charge in [0.1, 0.15) is 0 Å². The zero-order valence-corrected chi connectivity index (χ0v) is 16.5. The van der Waals surface area contributed by atoms with E-state index in [-0.39, 0.29) is 29.7 Å². The lowest BCUT2D eigenvalue weighted by molar-refractivity contribution is -0.133. The number of amides is 2. The molecule has 1 aromatic carbocycles. The predicted octanol–water partition coefficient (Wildman–Crippen LogP) is 1.44. The van der Waals surface area contributed by atoms with Gasteiger partial charge in [-0.25, -0.2) is 0 Å². The summed E-state index contributed by atoms with van der Waals surface area (Å²) in [7, 11) is 1.61. The Labute approximate surface area is 157 Å². The fourth-order valence-corrected chi connectivity index (χ4v) is 2.95. The van der Waals surface area contributed by atoms with Crippen molar-refractivity contribution in [2.75, 3.05) is 19.3 Å². The van der Waals surface area contributed by atoms with Crippen molar-refractivity contribution < 1.29 is 9.59 Å². The lowest BCUT2D eigenvalue weighted by Gasteiger charge is -2.23. The van der Waals surface area contributed by atoms with Crippen molar-refractivity contribution in [3.8, 4) is 5.69 Å². The molecular formula is C17H24N6O2S. The zero-order valence-electron chi connectivity index (χ0n) is 15.7. The van der Waals surface area contributed by atoms with Gasteiger partial charge in [-0.15, -0.1) is 5.10 Å². The van der Waals surface area contributed by atoms with Crippen LogP contribution < -0.4 is 5.32 Å². The standard InChI is InChI=1S/C17H24N6O2S/c1-12-6-8-13(9-7-12)23-16(19-20-21-23)26-11-15(25)22(5)10-14(24)18-17(2,3)4/h6-9H,10-11H2,1-5H3,(H,18,24). The number of carbonyl (C=O) groups is 2. The highest BCUT2D eigenvalue weighted by Gasteiger charge is 2.19. The molecule has 2 aromatic rings. The van der Waals surface area contributed by atoms with E-state index in [4.69, 9.17) is 0 Å². The minimum atomic E-state index is -0.328. The van der Waals surface area contributed by atoms with Gasteiger partial charge in [-0.2, -0.15) is 4.68 Å². The second kappa shape index (κ2) is 8.31. The number of aromatic nitrogens is 4. The Balaban J connectivity index is 1.93. The molecule has 2 amide bonds. The second-order valence-corrected chi connectivity index (χ2v) is 7.99. The van der Waals surface area contributed by atoms with E-state index < -0.39 is 0 Å². The van der Waals surface area contributed by atoms with E-state index in [0.717, 1.165) is 11.3 Å². The van der Waals surface area contributed by atoms with Crippen LogP contribution in [0, 0.1) is 6.92 Å². The maximum Gasteiger partial charge on any atom is 0.240 e. The van der Waals surface area contributed by atoms with E-state index in [0.29, 0.717) is 5.16 Å². The van der Waals surface area contributed by atoms with Crippen LogP contribution in [-0.4, -0.2) is 61.8 Å². The van der Waals surface area contributed by atoms with Crippen LogP contribution in [0.15, 0.2) is 29.4 Å². The van der Waals surface area contributed by atoms with Crippen LogP contribution in [0.1, 0.15) is 26.3 Å². The first-order chi connectivity index (χ1) is 12.2. The maximum atomic E-state index is 12.3. The molecule has 0 saturated carbocycles. The largest absolute Gasteiger partial charge is 0.350 e. The molecular weight excluding hydrogens is 352 g/mol. The maximum absolute atomic E-state index is 12.3. The summed E-state index contributed by atoms with van der Waals surface area (Å²) in [6, 6.07) is 7.78. The molecule has 2 rings (SSSR count). The molecule has 8 nitrogen and oxygen atoms in total. The van der Waals surface area contributed by atoms with E-state index in [1.807, 2.05) is 52.0 Å². The van der Waals surface area contributed by atoms with E-state index >= 15 is 0 Å². The smallest absolute Gasteiger partial charge is 0.240 e. The molecule has 0 radical (unpaired) electrons. The highest BCUT2D eigenvalue weighted by atomic mass is 32.2. The molecule has 0 aliphatic heterocycles. The Morgan fingerprint density at radius 3 is 2.50 bits per heavy atom. The third kappa shape index (κ3) is 5.83. The summed E-state index contributed by atoms with van der Waals surface area (Å²) >= 11 is 1.23. The average Bonchev–Trinajstić information content (AvgIpc) is 2.99. The molecule has 0 aliphatic rings. The molecule has 26 heavy (non-hydrogen) atoms. The normalized spacial score (nSPS) is 11.3. The second-order valence-electron chi connectivity index (χ2n) is 7.05. The van der Waals surface area contributed by atoms with Crippen LogP contribution in [0.3, 0.4) is 0 Å². The molecule has 1 aromatic heterocycles. The number of nitrogens with one attached hydrogen (secondary N) is 1. The number of hydrogen-bond acceptors (Lipinski definition) is 6. The predicted molar refractivity (Wildman–Crippen MR) is 100 cm³/mol. The van der Waals surface area contributed by atoms with Gasteiger partial charge in [-0.1, -0.05) is 29.5 Å². The topological polar surface area (TPSA) is 93.0 Å². The summed E-state index contributed by atoms with van der Waals surface area (Å²) < 4.78 is 1.59. The van der Waals surface area contributed by atoms with Gasteiger partial charge in [0, 0.05) is 12.6 Å². The Hall–Kier alpha value is -2.42. The van der Waals surface area contributed by atoms with Crippen LogP contribution in [0.4, 0.5) is 0 Å². The van der Waals surface area contributed by atoms with E-state index in [1.165, 1.54) is 16.7 Å². The van der Waals surface area contributed by atoms with Gasteiger partial charge in [0.15, 0.2) is 0 Å². The third-order valence-corrected chi connectivity index (χ3v) is 4.27. The summed E-state index contributed by atoms with van der Waals surface area (Å²) in [5, 5.41) is 15.0.